The number of aryl methyl sites for hydroxylation is 2. The first-order valence-electron chi connectivity index (χ1n) is 7.61. The Morgan fingerprint density at radius 2 is 2.05 bits per heavy atom. The summed E-state index contributed by atoms with van der Waals surface area (Å²) in [5, 5.41) is 7.87. The summed E-state index contributed by atoms with van der Waals surface area (Å²) in [7, 11) is -1.83. The lowest BCUT2D eigenvalue weighted by Crippen LogP contribution is -2.27. The molecule has 1 aromatic heterocycles. The quantitative estimate of drug-likeness (QED) is 0.734. The van der Waals surface area contributed by atoms with Gasteiger partial charge >= 0.3 is 0 Å². The van der Waals surface area contributed by atoms with Crippen LogP contribution < -0.4 is 5.32 Å². The Bertz CT molecular complexity index is 590. The first kappa shape index (κ1) is 16.5. The maximum absolute atomic E-state index is 12.5. The molecule has 0 spiro atoms. The zero-order valence-electron chi connectivity index (χ0n) is 13.4. The Hall–Kier alpha value is -0.920. The second kappa shape index (κ2) is 6.46. The van der Waals surface area contributed by atoms with E-state index in [4.69, 9.17) is 0 Å². The number of nitrogens with one attached hydrogen (secondary N) is 1. The van der Waals surface area contributed by atoms with Gasteiger partial charge in [-0.3, -0.25) is 4.68 Å². The highest BCUT2D eigenvalue weighted by molar-refractivity contribution is 7.89. The van der Waals surface area contributed by atoms with Gasteiger partial charge in [0.15, 0.2) is 0 Å². The summed E-state index contributed by atoms with van der Waals surface area (Å²) in [6.07, 6.45) is 3.53. The van der Waals surface area contributed by atoms with Crippen LogP contribution in [0.5, 0.6) is 0 Å². The highest BCUT2D eigenvalue weighted by Gasteiger charge is 2.27. The third-order valence-corrected chi connectivity index (χ3v) is 6.17. The van der Waals surface area contributed by atoms with Crippen LogP contribution in [0.1, 0.15) is 37.6 Å². The van der Waals surface area contributed by atoms with Gasteiger partial charge in [0.05, 0.1) is 11.4 Å². The van der Waals surface area contributed by atoms with Gasteiger partial charge in [-0.05, 0) is 39.7 Å². The van der Waals surface area contributed by atoms with Crippen molar-refractivity contribution < 1.29 is 8.42 Å². The second-order valence-electron chi connectivity index (χ2n) is 5.72. The van der Waals surface area contributed by atoms with Crippen molar-refractivity contribution in [3.05, 3.63) is 11.4 Å². The summed E-state index contributed by atoms with van der Waals surface area (Å²) >= 11 is 0. The molecule has 0 aliphatic heterocycles. The molecule has 0 radical (unpaired) electrons. The lowest BCUT2D eigenvalue weighted by atomic mass is 10.3. The van der Waals surface area contributed by atoms with Crippen molar-refractivity contribution in [2.45, 2.75) is 57.5 Å². The van der Waals surface area contributed by atoms with Crippen LogP contribution in [-0.2, 0) is 16.6 Å². The Morgan fingerprint density at radius 1 is 1.38 bits per heavy atom. The summed E-state index contributed by atoms with van der Waals surface area (Å²) in [6.45, 7) is 7.60. The minimum Gasteiger partial charge on any atom is -0.314 e. The van der Waals surface area contributed by atoms with Crippen LogP contribution >= 0.6 is 0 Å². The molecule has 0 saturated heterocycles. The first-order chi connectivity index (χ1) is 9.87. The van der Waals surface area contributed by atoms with Crippen molar-refractivity contribution in [1.29, 1.82) is 0 Å². The fourth-order valence-corrected chi connectivity index (χ4v) is 3.96. The van der Waals surface area contributed by atoms with E-state index in [9.17, 15) is 8.42 Å². The molecule has 0 amide bonds. The van der Waals surface area contributed by atoms with E-state index >= 15 is 0 Å². The van der Waals surface area contributed by atoms with Gasteiger partial charge in [0.2, 0.25) is 10.0 Å². The molecule has 120 valence electrons. The molecule has 0 unspecified atom stereocenters. The molecule has 2 rings (SSSR count). The Morgan fingerprint density at radius 3 is 2.62 bits per heavy atom. The van der Waals surface area contributed by atoms with Crippen LogP contribution in [0.25, 0.3) is 0 Å². The van der Waals surface area contributed by atoms with E-state index in [0.717, 1.165) is 25.2 Å². The molecule has 1 N–H and O–H groups in total. The second-order valence-corrected chi connectivity index (χ2v) is 7.71. The van der Waals surface area contributed by atoms with E-state index in [0.29, 0.717) is 23.2 Å². The molecule has 1 fully saturated rings. The SMILES string of the molecule is CCN(C)S(=O)(=O)c1c(C)nn(CCCNC2CC2)c1C. The van der Waals surface area contributed by atoms with E-state index < -0.39 is 10.0 Å². The smallest absolute Gasteiger partial charge is 0.246 e. The van der Waals surface area contributed by atoms with Gasteiger partial charge in [-0.15, -0.1) is 0 Å². The van der Waals surface area contributed by atoms with Crippen molar-refractivity contribution in [1.82, 2.24) is 19.4 Å². The monoisotopic (exact) mass is 314 g/mol. The van der Waals surface area contributed by atoms with Crippen LogP contribution in [0.2, 0.25) is 0 Å². The minimum absolute atomic E-state index is 0.363. The molecule has 1 heterocycles. The Kier molecular flexibility index (Phi) is 5.06. The Labute approximate surface area is 127 Å². The molecule has 0 aromatic carbocycles. The lowest BCUT2D eigenvalue weighted by molar-refractivity contribution is 0.484. The predicted molar refractivity (Wildman–Crippen MR) is 82.8 cm³/mol. The molecule has 1 aliphatic carbocycles. The highest BCUT2D eigenvalue weighted by Crippen LogP contribution is 2.23. The fraction of sp³-hybridized carbons (Fsp3) is 0.786. The molecule has 0 bridgehead atoms. The fourth-order valence-electron chi connectivity index (χ4n) is 2.42. The van der Waals surface area contributed by atoms with Crippen molar-refractivity contribution in [2.75, 3.05) is 20.1 Å². The lowest BCUT2D eigenvalue weighted by Gasteiger charge is -2.15. The maximum atomic E-state index is 12.5. The molecular formula is C14H26N4O2S. The standard InChI is InChI=1S/C14H26N4O2S/c1-5-17(4)21(19,20)14-11(2)16-18(12(14)3)10-6-9-15-13-7-8-13/h13,15H,5-10H2,1-4H3. The number of sulfonamides is 1. The molecular weight excluding hydrogens is 288 g/mol. The Balaban J connectivity index is 2.09. The molecule has 1 aliphatic rings. The minimum atomic E-state index is -3.43. The summed E-state index contributed by atoms with van der Waals surface area (Å²) in [5.41, 5.74) is 1.32. The van der Waals surface area contributed by atoms with Gasteiger partial charge in [-0.2, -0.15) is 5.10 Å². The molecule has 1 saturated carbocycles. The third-order valence-electron chi connectivity index (χ3n) is 3.99. The van der Waals surface area contributed by atoms with Gasteiger partial charge in [-0.1, -0.05) is 6.92 Å². The normalized spacial score (nSPS) is 15.9. The summed E-state index contributed by atoms with van der Waals surface area (Å²) in [4.78, 5) is 0.363. The molecule has 6 nitrogen and oxygen atoms in total. The average Bonchev–Trinajstić information content (AvgIpc) is 3.20. The topological polar surface area (TPSA) is 67.2 Å². The van der Waals surface area contributed by atoms with Crippen LogP contribution in [-0.4, -0.2) is 48.7 Å². The van der Waals surface area contributed by atoms with E-state index in [2.05, 4.69) is 10.4 Å². The van der Waals surface area contributed by atoms with Gasteiger partial charge in [-0.25, -0.2) is 12.7 Å². The third kappa shape index (κ3) is 3.64. The van der Waals surface area contributed by atoms with Crippen molar-refractivity contribution in [3.8, 4) is 0 Å². The molecule has 0 atom stereocenters. The summed E-state index contributed by atoms with van der Waals surface area (Å²) in [6, 6.07) is 0.708. The van der Waals surface area contributed by atoms with E-state index in [1.165, 1.54) is 17.1 Å². The summed E-state index contributed by atoms with van der Waals surface area (Å²) in [5.74, 6) is 0. The van der Waals surface area contributed by atoms with Gasteiger partial charge in [0.25, 0.3) is 0 Å². The average molecular weight is 314 g/mol. The van der Waals surface area contributed by atoms with Crippen LogP contribution in [0, 0.1) is 13.8 Å². The van der Waals surface area contributed by atoms with Crippen LogP contribution in [0.3, 0.4) is 0 Å². The number of hydrogen-bond donors (Lipinski definition) is 1. The zero-order chi connectivity index (χ0) is 15.6. The maximum Gasteiger partial charge on any atom is 0.246 e. The number of nitrogens with zero attached hydrogens (tertiary/aromatic N) is 3. The van der Waals surface area contributed by atoms with Crippen molar-refractivity contribution in [2.24, 2.45) is 0 Å². The van der Waals surface area contributed by atoms with Crippen LogP contribution in [0.4, 0.5) is 0 Å². The zero-order valence-corrected chi connectivity index (χ0v) is 14.2. The molecule has 21 heavy (non-hydrogen) atoms. The van der Waals surface area contributed by atoms with Crippen molar-refractivity contribution in [3.63, 3.8) is 0 Å². The van der Waals surface area contributed by atoms with E-state index in [1.807, 2.05) is 18.5 Å². The van der Waals surface area contributed by atoms with E-state index in [-0.39, 0.29) is 0 Å². The number of aromatic nitrogens is 2. The molecule has 7 heteroatoms. The highest BCUT2D eigenvalue weighted by atomic mass is 32.2. The van der Waals surface area contributed by atoms with E-state index in [1.54, 1.807) is 14.0 Å². The number of rotatable bonds is 8. The number of hydrogen-bond acceptors (Lipinski definition) is 4. The summed E-state index contributed by atoms with van der Waals surface area (Å²) < 4.78 is 28.2. The largest absolute Gasteiger partial charge is 0.314 e. The van der Waals surface area contributed by atoms with Crippen LogP contribution in [0.15, 0.2) is 4.90 Å². The first-order valence-corrected chi connectivity index (χ1v) is 9.05. The van der Waals surface area contributed by atoms with Gasteiger partial charge in [0, 0.05) is 26.2 Å². The predicted octanol–water partition coefficient (Wildman–Crippen LogP) is 1.28. The van der Waals surface area contributed by atoms with Gasteiger partial charge in [0.1, 0.15) is 4.90 Å². The van der Waals surface area contributed by atoms with Crippen molar-refractivity contribution >= 4 is 10.0 Å². The molecule has 1 aromatic rings. The van der Waals surface area contributed by atoms with Gasteiger partial charge < -0.3 is 5.32 Å².